The molecule has 0 aliphatic heterocycles. The van der Waals surface area contributed by atoms with Gasteiger partial charge in [-0.05, 0) is 65.6 Å². The van der Waals surface area contributed by atoms with Crippen molar-refractivity contribution in [2.75, 3.05) is 12.4 Å². The van der Waals surface area contributed by atoms with Gasteiger partial charge in [0.05, 0.1) is 30.2 Å². The summed E-state index contributed by atoms with van der Waals surface area (Å²) in [7, 11) is 1.53. The maximum atomic E-state index is 14.3. The molecule has 0 radical (unpaired) electrons. The summed E-state index contributed by atoms with van der Waals surface area (Å²) in [5, 5.41) is 12.5. The number of amides is 1. The van der Waals surface area contributed by atoms with E-state index in [9.17, 15) is 9.18 Å². The molecule has 0 atom stereocenters. The molecule has 6 aromatic rings. The van der Waals surface area contributed by atoms with Crippen LogP contribution in [-0.2, 0) is 4.79 Å². The number of nitrogens with zero attached hydrogens (tertiary/aromatic N) is 2. The largest absolute Gasteiger partial charge is 0.497 e. The van der Waals surface area contributed by atoms with E-state index in [1.807, 2.05) is 55.5 Å². The molecule has 0 unspecified atom stereocenters. The molecule has 6 rings (SSSR count). The van der Waals surface area contributed by atoms with E-state index < -0.39 is 0 Å². The van der Waals surface area contributed by atoms with Crippen LogP contribution in [0.15, 0.2) is 79.1 Å². The van der Waals surface area contributed by atoms with E-state index in [0.29, 0.717) is 17.9 Å². The minimum absolute atomic E-state index is 0.0288. The number of benzene rings is 3. The molecule has 8 heteroatoms. The zero-order valence-electron chi connectivity index (χ0n) is 21.5. The molecule has 0 aliphatic rings. The van der Waals surface area contributed by atoms with Crippen LogP contribution >= 0.6 is 0 Å². The van der Waals surface area contributed by atoms with E-state index in [1.54, 1.807) is 12.4 Å². The molecule has 3 aromatic heterocycles. The predicted molar refractivity (Wildman–Crippen MR) is 152 cm³/mol. The topological polar surface area (TPSA) is 95.7 Å². The van der Waals surface area contributed by atoms with Crippen molar-refractivity contribution < 1.29 is 13.9 Å². The Morgan fingerprint density at radius 2 is 1.85 bits per heavy atom. The first-order valence-corrected chi connectivity index (χ1v) is 12.7. The second kappa shape index (κ2) is 10.1. The lowest BCUT2D eigenvalue weighted by Gasteiger charge is -2.07. The van der Waals surface area contributed by atoms with E-state index >= 15 is 0 Å². The number of anilines is 1. The van der Waals surface area contributed by atoms with E-state index in [1.165, 1.54) is 19.2 Å². The number of rotatable bonds is 7. The molecule has 3 N–H and O–H groups in total. The first-order valence-electron chi connectivity index (χ1n) is 12.7. The summed E-state index contributed by atoms with van der Waals surface area (Å²) in [6.45, 7) is 1.97. The highest BCUT2D eigenvalue weighted by atomic mass is 19.1. The van der Waals surface area contributed by atoms with Crippen molar-refractivity contribution in [3.63, 3.8) is 0 Å². The number of halogens is 1. The number of nitrogens with one attached hydrogen (secondary N) is 3. The molecule has 3 aromatic carbocycles. The Bertz CT molecular complexity index is 1840. The molecule has 194 valence electrons. The quantitative estimate of drug-likeness (QED) is 0.206. The highest BCUT2D eigenvalue weighted by molar-refractivity contribution is 6.02. The molecule has 0 fully saturated rings. The fourth-order valence-electron chi connectivity index (χ4n) is 4.89. The Balaban J connectivity index is 1.40. The smallest absolute Gasteiger partial charge is 0.224 e. The lowest BCUT2D eigenvalue weighted by atomic mass is 10.0. The first-order chi connectivity index (χ1) is 19.0. The summed E-state index contributed by atoms with van der Waals surface area (Å²) in [4.78, 5) is 19.9. The van der Waals surface area contributed by atoms with Gasteiger partial charge in [-0.1, -0.05) is 25.1 Å². The summed E-state index contributed by atoms with van der Waals surface area (Å²) in [6.07, 6.45) is 4.67. The van der Waals surface area contributed by atoms with Crippen LogP contribution in [0.5, 0.6) is 5.75 Å². The molecule has 0 saturated carbocycles. The average molecular weight is 520 g/mol. The third-order valence-corrected chi connectivity index (χ3v) is 6.73. The van der Waals surface area contributed by atoms with Crippen molar-refractivity contribution in [3.05, 3.63) is 84.9 Å². The van der Waals surface area contributed by atoms with Crippen molar-refractivity contribution in [3.8, 4) is 39.4 Å². The molecule has 39 heavy (non-hydrogen) atoms. The second-order valence-electron chi connectivity index (χ2n) is 9.42. The minimum Gasteiger partial charge on any atom is -0.497 e. The minimum atomic E-state index is -0.355. The monoisotopic (exact) mass is 519 g/mol. The highest BCUT2D eigenvalue weighted by Gasteiger charge is 2.15. The number of aromatic nitrogens is 4. The summed E-state index contributed by atoms with van der Waals surface area (Å²) in [6, 6.07) is 20.6. The Labute approximate surface area is 224 Å². The van der Waals surface area contributed by atoms with Crippen molar-refractivity contribution in [1.82, 2.24) is 20.2 Å². The average Bonchev–Trinajstić information content (AvgIpc) is 3.56. The van der Waals surface area contributed by atoms with Crippen molar-refractivity contribution in [1.29, 1.82) is 0 Å². The molecule has 0 saturated heterocycles. The molecule has 3 heterocycles. The molecule has 0 bridgehead atoms. The third kappa shape index (κ3) is 4.72. The summed E-state index contributed by atoms with van der Waals surface area (Å²) < 4.78 is 19.6. The molecule has 0 aliphatic carbocycles. The molecule has 1 amide bonds. The normalized spacial score (nSPS) is 11.3. The lowest BCUT2D eigenvalue weighted by molar-refractivity contribution is -0.116. The number of aromatic amines is 2. The van der Waals surface area contributed by atoms with E-state index in [-0.39, 0.29) is 11.7 Å². The Kier molecular flexibility index (Phi) is 6.28. The van der Waals surface area contributed by atoms with Gasteiger partial charge >= 0.3 is 0 Å². The van der Waals surface area contributed by atoms with Crippen LogP contribution in [0.3, 0.4) is 0 Å². The van der Waals surface area contributed by atoms with Crippen LogP contribution < -0.4 is 10.1 Å². The molecular weight excluding hydrogens is 493 g/mol. The number of fused-ring (bicyclic) bond motifs is 2. The Hall–Kier alpha value is -4.98. The predicted octanol–water partition coefficient (Wildman–Crippen LogP) is 7.33. The van der Waals surface area contributed by atoms with Gasteiger partial charge in [0.1, 0.15) is 17.3 Å². The zero-order chi connectivity index (χ0) is 26.9. The number of hydrogen-bond acceptors (Lipinski definition) is 4. The van der Waals surface area contributed by atoms with Crippen LogP contribution in [0.25, 0.3) is 55.4 Å². The second-order valence-corrected chi connectivity index (χ2v) is 9.42. The van der Waals surface area contributed by atoms with Gasteiger partial charge in [0, 0.05) is 40.5 Å². The third-order valence-electron chi connectivity index (χ3n) is 6.73. The number of carbonyl (C=O) groups excluding carboxylic acids is 1. The van der Waals surface area contributed by atoms with E-state index in [2.05, 4.69) is 31.5 Å². The van der Waals surface area contributed by atoms with Crippen molar-refractivity contribution in [2.45, 2.75) is 19.8 Å². The summed E-state index contributed by atoms with van der Waals surface area (Å²) >= 11 is 0. The summed E-state index contributed by atoms with van der Waals surface area (Å²) in [5.74, 6) is 0.0809. The maximum absolute atomic E-state index is 14.3. The van der Waals surface area contributed by atoms with Gasteiger partial charge in [-0.15, -0.1) is 0 Å². The van der Waals surface area contributed by atoms with Gasteiger partial charge in [0.15, 0.2) is 0 Å². The fraction of sp³-hybridized carbons (Fsp3) is 0.129. The van der Waals surface area contributed by atoms with Crippen LogP contribution in [0, 0.1) is 5.82 Å². The Morgan fingerprint density at radius 1 is 0.949 bits per heavy atom. The van der Waals surface area contributed by atoms with Crippen molar-refractivity contribution in [2.24, 2.45) is 0 Å². The number of ether oxygens (including phenoxy) is 1. The van der Waals surface area contributed by atoms with Crippen LogP contribution in [-0.4, -0.2) is 33.2 Å². The van der Waals surface area contributed by atoms with Gasteiger partial charge in [-0.25, -0.2) is 4.39 Å². The number of hydrogen-bond donors (Lipinski definition) is 3. The van der Waals surface area contributed by atoms with E-state index in [4.69, 9.17) is 4.74 Å². The first kappa shape index (κ1) is 24.4. The molecule has 7 nitrogen and oxygen atoms in total. The van der Waals surface area contributed by atoms with Crippen molar-refractivity contribution >= 4 is 33.4 Å². The molecule has 0 spiro atoms. The number of H-pyrrole nitrogens is 2. The number of carbonyl (C=O) groups is 1. The van der Waals surface area contributed by atoms with Gasteiger partial charge in [-0.3, -0.25) is 14.9 Å². The number of pyridine rings is 1. The van der Waals surface area contributed by atoms with Crippen LogP contribution in [0.4, 0.5) is 10.1 Å². The van der Waals surface area contributed by atoms with E-state index in [0.717, 1.165) is 61.9 Å². The maximum Gasteiger partial charge on any atom is 0.224 e. The SMILES string of the molecule is CCCC(=O)Nc1cncc(-c2ccc3[nH]nc(-c4cc5c(-c6cc(F)cc(OC)c6)cccc5[nH]4)c3c2)c1. The van der Waals surface area contributed by atoms with Crippen LogP contribution in [0.2, 0.25) is 0 Å². The Morgan fingerprint density at radius 3 is 2.69 bits per heavy atom. The zero-order valence-corrected chi connectivity index (χ0v) is 21.5. The number of methoxy groups -OCH3 is 1. The standard InChI is InChI=1S/C31H26FN5O2/c1-3-5-30(38)34-22-11-20(16-33-17-22)18-8-9-28-26(13-18)31(37-36-28)29-15-25-24(6-4-7-27(25)35-29)19-10-21(32)14-23(12-19)39-2/h4,6-17,35H,3,5H2,1-2H3,(H,34,38)(H,36,37). The lowest BCUT2D eigenvalue weighted by Crippen LogP contribution is -2.10. The highest BCUT2D eigenvalue weighted by Crippen LogP contribution is 2.36. The van der Waals surface area contributed by atoms with Gasteiger partial charge in [-0.2, -0.15) is 5.10 Å². The summed E-state index contributed by atoms with van der Waals surface area (Å²) in [5.41, 5.74) is 7.53. The van der Waals surface area contributed by atoms with Gasteiger partial charge in [0.2, 0.25) is 5.91 Å². The van der Waals surface area contributed by atoms with Gasteiger partial charge in [0.25, 0.3) is 0 Å². The van der Waals surface area contributed by atoms with Gasteiger partial charge < -0.3 is 15.0 Å². The fourth-order valence-corrected chi connectivity index (χ4v) is 4.89. The molecular formula is C31H26FN5O2. The van der Waals surface area contributed by atoms with Crippen LogP contribution in [0.1, 0.15) is 19.8 Å².